The second-order valence-corrected chi connectivity index (χ2v) is 6.79. The maximum Gasteiger partial charge on any atom is 0.172 e. The van der Waals surface area contributed by atoms with Crippen molar-refractivity contribution < 1.29 is 14.2 Å². The largest absolute Gasteiger partial charge is 0.359 e. The Morgan fingerprint density at radius 1 is 0.864 bits per heavy atom. The number of methoxy groups -OCH3 is 1. The summed E-state index contributed by atoms with van der Waals surface area (Å²) < 4.78 is 18.0. The van der Waals surface area contributed by atoms with Crippen molar-refractivity contribution in [3.63, 3.8) is 0 Å². The van der Waals surface area contributed by atoms with Gasteiger partial charge < -0.3 is 14.2 Å². The highest BCUT2D eigenvalue weighted by Gasteiger charge is 2.55. The zero-order valence-electron chi connectivity index (χ0n) is 14.8. The number of hydrogen-bond acceptors (Lipinski definition) is 4. The van der Waals surface area contributed by atoms with Crippen molar-refractivity contribution in [1.29, 1.82) is 0 Å². The van der Waals surface area contributed by atoms with E-state index in [0.29, 0.717) is 13.2 Å². The van der Waals surface area contributed by atoms with Crippen molar-refractivity contribution in [2.75, 3.05) is 20.3 Å². The molecule has 0 radical (unpaired) electrons. The molecule has 0 aliphatic carbocycles. The van der Waals surface area contributed by atoms with Gasteiger partial charge in [-0.15, -0.1) is 0 Å². The molecule has 0 N–H and O–H groups in total. The summed E-state index contributed by atoms with van der Waals surface area (Å²) in [5, 5.41) is 0. The fourth-order valence-electron chi connectivity index (χ4n) is 3.67. The molecule has 0 spiro atoms. The first kappa shape index (κ1) is 18.2. The van der Waals surface area contributed by atoms with E-state index in [2.05, 4.69) is 18.7 Å². The van der Waals surface area contributed by atoms with Crippen LogP contribution in [-0.4, -0.2) is 43.4 Å². The number of nitrogens with zero attached hydrogens (tertiary/aromatic N) is 1. The first-order valence-corrected chi connectivity index (χ1v) is 9.34. The monoisotopic (exact) mass is 313 g/mol. The van der Waals surface area contributed by atoms with Crippen molar-refractivity contribution >= 4 is 0 Å². The van der Waals surface area contributed by atoms with Crippen molar-refractivity contribution in [1.82, 2.24) is 4.90 Å². The Kier molecular flexibility index (Phi) is 7.61. The summed E-state index contributed by atoms with van der Waals surface area (Å²) >= 11 is 0. The van der Waals surface area contributed by atoms with Crippen LogP contribution in [0.1, 0.15) is 78.1 Å². The summed E-state index contributed by atoms with van der Waals surface area (Å²) in [5.74, 6) is 0. The smallest absolute Gasteiger partial charge is 0.172 e. The molecule has 0 aromatic carbocycles. The van der Waals surface area contributed by atoms with Crippen molar-refractivity contribution in [3.8, 4) is 0 Å². The fourth-order valence-corrected chi connectivity index (χ4v) is 3.67. The van der Waals surface area contributed by atoms with E-state index in [0.717, 1.165) is 12.8 Å². The number of unbranched alkanes of at least 4 members (excludes halogenated alkanes) is 6. The van der Waals surface area contributed by atoms with Crippen LogP contribution in [0, 0.1) is 0 Å². The highest BCUT2D eigenvalue weighted by Crippen LogP contribution is 2.40. The van der Waals surface area contributed by atoms with Gasteiger partial charge in [0.2, 0.25) is 0 Å². The van der Waals surface area contributed by atoms with Gasteiger partial charge in [0, 0.05) is 7.11 Å². The summed E-state index contributed by atoms with van der Waals surface area (Å²) in [7, 11) is 1.79. The molecule has 2 atom stereocenters. The highest BCUT2D eigenvalue weighted by molar-refractivity contribution is 4.95. The first-order valence-electron chi connectivity index (χ1n) is 9.34. The molecule has 0 saturated carbocycles. The van der Waals surface area contributed by atoms with Gasteiger partial charge in [-0.3, -0.25) is 0 Å². The molecule has 2 heterocycles. The van der Waals surface area contributed by atoms with Crippen LogP contribution < -0.4 is 0 Å². The average Bonchev–Trinajstić information content (AvgIpc) is 3.07. The molecule has 2 rings (SSSR count). The molecule has 2 aliphatic heterocycles. The molecule has 130 valence electrons. The summed E-state index contributed by atoms with van der Waals surface area (Å²) in [6, 6.07) is 0. The van der Waals surface area contributed by atoms with Gasteiger partial charge in [0.1, 0.15) is 12.5 Å². The lowest BCUT2D eigenvalue weighted by atomic mass is 10.1. The van der Waals surface area contributed by atoms with Gasteiger partial charge >= 0.3 is 0 Å². The van der Waals surface area contributed by atoms with Gasteiger partial charge in [-0.1, -0.05) is 52.4 Å². The van der Waals surface area contributed by atoms with Gasteiger partial charge in [0.25, 0.3) is 0 Å². The number of hydrogen-bond donors (Lipinski definition) is 0. The van der Waals surface area contributed by atoms with Crippen LogP contribution in [0.2, 0.25) is 0 Å². The highest BCUT2D eigenvalue weighted by atomic mass is 16.6. The molecular weight excluding hydrogens is 278 g/mol. The van der Waals surface area contributed by atoms with E-state index >= 15 is 0 Å². The standard InChI is InChI=1S/C18H35NO3/c1-4-6-8-10-12-16-19-17(13-11-9-7-5-2)22-15-18(19,20-3)14-21-16/h16-17H,4-15H2,1-3H3. The zero-order valence-corrected chi connectivity index (χ0v) is 14.8. The molecule has 0 aromatic rings. The average molecular weight is 313 g/mol. The molecule has 2 fully saturated rings. The van der Waals surface area contributed by atoms with Gasteiger partial charge in [0.15, 0.2) is 5.72 Å². The maximum atomic E-state index is 6.07. The summed E-state index contributed by atoms with van der Waals surface area (Å²) in [4.78, 5) is 2.39. The van der Waals surface area contributed by atoms with E-state index < -0.39 is 0 Å². The van der Waals surface area contributed by atoms with Crippen molar-refractivity contribution in [2.24, 2.45) is 0 Å². The molecule has 2 saturated heterocycles. The Morgan fingerprint density at radius 2 is 1.36 bits per heavy atom. The Labute approximate surface area is 136 Å². The molecular formula is C18H35NO3. The molecule has 0 amide bonds. The minimum absolute atomic E-state index is 0.176. The minimum atomic E-state index is -0.329. The Hall–Kier alpha value is -0.160. The molecule has 4 nitrogen and oxygen atoms in total. The minimum Gasteiger partial charge on any atom is -0.359 e. The van der Waals surface area contributed by atoms with Crippen LogP contribution >= 0.6 is 0 Å². The topological polar surface area (TPSA) is 30.9 Å². The Morgan fingerprint density at radius 3 is 1.77 bits per heavy atom. The van der Waals surface area contributed by atoms with E-state index in [1.807, 2.05) is 0 Å². The van der Waals surface area contributed by atoms with Crippen LogP contribution in [0.25, 0.3) is 0 Å². The number of ether oxygens (including phenoxy) is 3. The quantitative estimate of drug-likeness (QED) is 0.533. The third-order valence-corrected chi connectivity index (χ3v) is 5.08. The second kappa shape index (κ2) is 9.21. The molecule has 2 aliphatic rings. The summed E-state index contributed by atoms with van der Waals surface area (Å²) in [5.41, 5.74) is -0.329. The van der Waals surface area contributed by atoms with Gasteiger partial charge in [-0.2, -0.15) is 0 Å². The third-order valence-electron chi connectivity index (χ3n) is 5.08. The van der Waals surface area contributed by atoms with Crippen LogP contribution in [0.3, 0.4) is 0 Å². The van der Waals surface area contributed by atoms with Crippen LogP contribution in [0.15, 0.2) is 0 Å². The first-order chi connectivity index (χ1) is 10.8. The van der Waals surface area contributed by atoms with E-state index in [-0.39, 0.29) is 18.2 Å². The fraction of sp³-hybridized carbons (Fsp3) is 1.00. The van der Waals surface area contributed by atoms with E-state index in [1.165, 1.54) is 51.4 Å². The molecule has 4 heteroatoms. The molecule has 0 aromatic heterocycles. The van der Waals surface area contributed by atoms with Gasteiger partial charge in [-0.05, 0) is 25.7 Å². The lowest BCUT2D eigenvalue weighted by Crippen LogP contribution is -2.50. The zero-order chi connectivity index (χ0) is 15.8. The van der Waals surface area contributed by atoms with Crippen molar-refractivity contribution in [3.05, 3.63) is 0 Å². The number of fused-ring (bicyclic) bond motifs is 1. The SMILES string of the molecule is CCCCCCC1OCC2(OC)COC(CCCCCC)N12. The Bertz CT molecular complexity index is 287. The van der Waals surface area contributed by atoms with Gasteiger partial charge in [0.05, 0.1) is 13.2 Å². The lowest BCUT2D eigenvalue weighted by Gasteiger charge is -2.32. The third kappa shape index (κ3) is 4.22. The predicted molar refractivity (Wildman–Crippen MR) is 88.6 cm³/mol. The molecule has 22 heavy (non-hydrogen) atoms. The van der Waals surface area contributed by atoms with E-state index in [4.69, 9.17) is 14.2 Å². The van der Waals surface area contributed by atoms with Crippen LogP contribution in [0.4, 0.5) is 0 Å². The Balaban J connectivity index is 1.86. The predicted octanol–water partition coefficient (Wildman–Crippen LogP) is 4.28. The van der Waals surface area contributed by atoms with Crippen LogP contribution in [-0.2, 0) is 14.2 Å². The molecule has 2 unspecified atom stereocenters. The lowest BCUT2D eigenvalue weighted by molar-refractivity contribution is -0.101. The van der Waals surface area contributed by atoms with Gasteiger partial charge in [-0.25, -0.2) is 4.90 Å². The van der Waals surface area contributed by atoms with Crippen molar-refractivity contribution in [2.45, 2.75) is 96.2 Å². The summed E-state index contributed by atoms with van der Waals surface area (Å²) in [6.45, 7) is 5.80. The van der Waals surface area contributed by atoms with E-state index in [1.54, 1.807) is 7.11 Å². The molecule has 0 bridgehead atoms. The number of rotatable bonds is 11. The van der Waals surface area contributed by atoms with E-state index in [9.17, 15) is 0 Å². The second-order valence-electron chi connectivity index (χ2n) is 6.79. The normalized spacial score (nSPS) is 31.8. The van der Waals surface area contributed by atoms with Crippen LogP contribution in [0.5, 0.6) is 0 Å². The summed E-state index contributed by atoms with van der Waals surface area (Å²) in [6.07, 6.45) is 12.8. The maximum absolute atomic E-state index is 6.07.